The summed E-state index contributed by atoms with van der Waals surface area (Å²) in [7, 11) is -1.98. The van der Waals surface area contributed by atoms with Crippen LogP contribution in [0.15, 0.2) is 30.5 Å². The molecule has 13 heteroatoms. The zero-order chi connectivity index (χ0) is 26.2. The minimum atomic E-state index is -4.60. The van der Waals surface area contributed by atoms with Gasteiger partial charge >= 0.3 is 6.18 Å². The van der Waals surface area contributed by atoms with Crippen molar-refractivity contribution in [3.8, 4) is 17.4 Å². The van der Waals surface area contributed by atoms with Crippen LogP contribution in [0.1, 0.15) is 30.4 Å². The van der Waals surface area contributed by atoms with Crippen molar-refractivity contribution in [1.29, 1.82) is 0 Å². The van der Waals surface area contributed by atoms with Crippen LogP contribution >= 0.6 is 11.6 Å². The van der Waals surface area contributed by atoms with E-state index in [2.05, 4.69) is 9.71 Å². The van der Waals surface area contributed by atoms with Crippen molar-refractivity contribution in [3.63, 3.8) is 0 Å². The summed E-state index contributed by atoms with van der Waals surface area (Å²) in [4.78, 5) is 3.72. The zero-order valence-electron chi connectivity index (χ0n) is 19.6. The van der Waals surface area contributed by atoms with Crippen molar-refractivity contribution in [2.75, 3.05) is 39.2 Å². The topological polar surface area (TPSA) is 96.0 Å². The predicted octanol–water partition coefficient (Wildman–Crippen LogP) is 4.60. The number of benzene rings is 1. The molecule has 1 aliphatic rings. The molecule has 0 radical (unpaired) electrons. The average Bonchev–Trinajstić information content (AvgIpc) is 3.34. The molecule has 1 aromatic carbocycles. The summed E-state index contributed by atoms with van der Waals surface area (Å²) in [6, 6.07) is 5.66. The SMILES string of the molecule is COCCOc1ccc(CCCS(=O)(=O)NCC2CCCO2)c(Oc2ncc(C(F)(F)F)cc2Cl)c1. The lowest BCUT2D eigenvalue weighted by molar-refractivity contribution is -0.137. The van der Waals surface area contributed by atoms with Crippen LogP contribution in [-0.4, -0.2) is 58.7 Å². The standard InChI is InChI=1S/C23H28ClF3N2O6S/c1-32-9-10-34-18-7-6-16(4-3-11-36(30,31)29-15-19-5-2-8-33-19)21(13-18)35-22-20(24)12-17(14-28-22)23(25,26)27/h6-7,12-14,19,29H,2-5,8-11,15H2,1H3. The molecule has 36 heavy (non-hydrogen) atoms. The first-order valence-electron chi connectivity index (χ1n) is 11.3. The first-order chi connectivity index (χ1) is 17.1. The minimum absolute atomic E-state index is 0.105. The highest BCUT2D eigenvalue weighted by molar-refractivity contribution is 7.89. The third-order valence-corrected chi connectivity index (χ3v) is 7.05. The molecule has 1 aliphatic heterocycles. The van der Waals surface area contributed by atoms with Gasteiger partial charge in [0.1, 0.15) is 23.1 Å². The highest BCUT2D eigenvalue weighted by Gasteiger charge is 2.32. The number of nitrogens with zero attached hydrogens (tertiary/aromatic N) is 1. The van der Waals surface area contributed by atoms with Crippen molar-refractivity contribution >= 4 is 21.6 Å². The summed E-state index contributed by atoms with van der Waals surface area (Å²) in [5.74, 6) is 0.333. The molecule has 0 saturated carbocycles. The molecule has 0 spiro atoms. The fraction of sp³-hybridized carbons (Fsp3) is 0.522. The molecule has 8 nitrogen and oxygen atoms in total. The van der Waals surface area contributed by atoms with Crippen molar-refractivity contribution in [1.82, 2.24) is 9.71 Å². The number of hydrogen-bond donors (Lipinski definition) is 1. The number of aromatic nitrogens is 1. The zero-order valence-corrected chi connectivity index (χ0v) is 21.2. The van der Waals surface area contributed by atoms with Gasteiger partial charge in [0, 0.05) is 32.5 Å². The van der Waals surface area contributed by atoms with Crippen LogP contribution in [0.2, 0.25) is 5.02 Å². The molecule has 1 unspecified atom stereocenters. The summed E-state index contributed by atoms with van der Waals surface area (Å²) in [5, 5.41) is -0.317. The minimum Gasteiger partial charge on any atom is -0.491 e. The van der Waals surface area contributed by atoms with E-state index in [-0.39, 0.29) is 48.1 Å². The molecule has 2 heterocycles. The highest BCUT2D eigenvalue weighted by atomic mass is 35.5. The van der Waals surface area contributed by atoms with E-state index in [0.29, 0.717) is 37.1 Å². The third-order valence-electron chi connectivity index (χ3n) is 5.35. The first-order valence-corrected chi connectivity index (χ1v) is 13.3. The molecule has 0 bridgehead atoms. The largest absolute Gasteiger partial charge is 0.491 e. The van der Waals surface area contributed by atoms with Gasteiger partial charge < -0.3 is 18.9 Å². The Morgan fingerprint density at radius 3 is 2.72 bits per heavy atom. The second-order valence-electron chi connectivity index (χ2n) is 8.13. The Hall–Kier alpha value is -2.12. The molecule has 1 fully saturated rings. The molecule has 1 saturated heterocycles. The summed E-state index contributed by atoms with van der Waals surface area (Å²) in [6.07, 6.45) is -1.75. The van der Waals surface area contributed by atoms with Crippen LogP contribution < -0.4 is 14.2 Å². The summed E-state index contributed by atoms with van der Waals surface area (Å²) < 4.78 is 87.9. The number of rotatable bonds is 13. The van der Waals surface area contributed by atoms with Gasteiger partial charge in [-0.1, -0.05) is 17.7 Å². The number of alkyl halides is 3. The molecule has 1 aromatic heterocycles. The normalized spacial score (nSPS) is 16.3. The van der Waals surface area contributed by atoms with Crippen LogP contribution in [-0.2, 0) is 32.1 Å². The van der Waals surface area contributed by atoms with Gasteiger partial charge in [-0.2, -0.15) is 13.2 Å². The molecular weight excluding hydrogens is 525 g/mol. The van der Waals surface area contributed by atoms with Gasteiger partial charge in [-0.3, -0.25) is 0 Å². The Bertz CT molecular complexity index is 1110. The van der Waals surface area contributed by atoms with E-state index in [1.807, 2.05) is 0 Å². The van der Waals surface area contributed by atoms with Crippen LogP contribution in [0, 0.1) is 0 Å². The molecule has 0 amide bonds. The van der Waals surface area contributed by atoms with E-state index >= 15 is 0 Å². The molecule has 2 aromatic rings. The van der Waals surface area contributed by atoms with Crippen molar-refractivity contribution in [2.24, 2.45) is 0 Å². The molecular formula is C23H28ClF3N2O6S. The van der Waals surface area contributed by atoms with Crippen LogP contribution in [0.4, 0.5) is 13.2 Å². The first kappa shape index (κ1) is 28.5. The fourth-order valence-electron chi connectivity index (χ4n) is 3.48. The maximum atomic E-state index is 12.9. The fourth-order valence-corrected chi connectivity index (χ4v) is 4.79. The van der Waals surface area contributed by atoms with E-state index in [4.69, 9.17) is 30.5 Å². The van der Waals surface area contributed by atoms with Gasteiger partial charge in [-0.05, 0) is 43.4 Å². The molecule has 3 rings (SSSR count). The maximum absolute atomic E-state index is 12.9. The summed E-state index contributed by atoms with van der Waals surface area (Å²) >= 11 is 6.00. The second kappa shape index (κ2) is 12.9. The Labute approximate surface area is 213 Å². The molecule has 1 atom stereocenters. The second-order valence-corrected chi connectivity index (χ2v) is 10.5. The Balaban J connectivity index is 1.70. The van der Waals surface area contributed by atoms with Crippen molar-refractivity contribution < 1.29 is 40.5 Å². The van der Waals surface area contributed by atoms with Crippen molar-refractivity contribution in [3.05, 3.63) is 46.6 Å². The van der Waals surface area contributed by atoms with E-state index in [0.717, 1.165) is 18.9 Å². The van der Waals surface area contributed by atoms with Crippen LogP contribution in [0.25, 0.3) is 0 Å². The van der Waals surface area contributed by atoms with Crippen molar-refractivity contribution in [2.45, 2.75) is 38.0 Å². The number of methoxy groups -OCH3 is 1. The monoisotopic (exact) mass is 552 g/mol. The lowest BCUT2D eigenvalue weighted by atomic mass is 10.1. The molecule has 200 valence electrons. The van der Waals surface area contributed by atoms with E-state index in [1.54, 1.807) is 18.2 Å². The quantitative estimate of drug-likeness (QED) is 0.363. The number of nitrogens with one attached hydrogen (secondary N) is 1. The number of aryl methyl sites for hydroxylation is 1. The van der Waals surface area contributed by atoms with Gasteiger partial charge in [0.2, 0.25) is 15.9 Å². The van der Waals surface area contributed by atoms with Gasteiger partial charge in [0.15, 0.2) is 0 Å². The smallest absolute Gasteiger partial charge is 0.417 e. The number of hydrogen-bond acceptors (Lipinski definition) is 7. The average molecular weight is 553 g/mol. The summed E-state index contributed by atoms with van der Waals surface area (Å²) in [6.45, 7) is 1.49. The molecule has 1 N–H and O–H groups in total. The maximum Gasteiger partial charge on any atom is 0.417 e. The Kier molecular flexibility index (Phi) is 10.2. The van der Waals surface area contributed by atoms with E-state index < -0.39 is 21.8 Å². The summed E-state index contributed by atoms with van der Waals surface area (Å²) in [5.41, 5.74) is -0.390. The van der Waals surface area contributed by atoms with E-state index in [1.165, 1.54) is 7.11 Å². The Morgan fingerprint density at radius 2 is 2.06 bits per heavy atom. The lowest BCUT2D eigenvalue weighted by Crippen LogP contribution is -2.33. The van der Waals surface area contributed by atoms with Gasteiger partial charge in [-0.15, -0.1) is 0 Å². The van der Waals surface area contributed by atoms with Crippen LogP contribution in [0.3, 0.4) is 0 Å². The number of sulfonamides is 1. The van der Waals surface area contributed by atoms with Gasteiger partial charge in [0.25, 0.3) is 0 Å². The van der Waals surface area contributed by atoms with Crippen LogP contribution in [0.5, 0.6) is 17.4 Å². The van der Waals surface area contributed by atoms with E-state index in [9.17, 15) is 21.6 Å². The van der Waals surface area contributed by atoms with Gasteiger partial charge in [-0.25, -0.2) is 18.1 Å². The molecule has 0 aliphatic carbocycles. The third kappa shape index (κ3) is 8.77. The number of ether oxygens (including phenoxy) is 4. The number of pyridine rings is 1. The lowest BCUT2D eigenvalue weighted by Gasteiger charge is -2.15. The highest BCUT2D eigenvalue weighted by Crippen LogP contribution is 2.36. The Morgan fingerprint density at radius 1 is 1.25 bits per heavy atom. The number of halogens is 4. The predicted molar refractivity (Wildman–Crippen MR) is 127 cm³/mol. The van der Waals surface area contributed by atoms with Gasteiger partial charge in [0.05, 0.1) is 24.0 Å².